The molecule has 33 heavy (non-hydrogen) atoms. The van der Waals surface area contributed by atoms with Gasteiger partial charge in [0.2, 0.25) is 0 Å². The number of nitrogens with one attached hydrogen (secondary N) is 2. The largest absolute Gasteiger partial charge is 0.306 e. The quantitative estimate of drug-likeness (QED) is 0.374. The molecule has 4 heterocycles. The van der Waals surface area contributed by atoms with Crippen molar-refractivity contribution in [3.8, 4) is 22.3 Å². The van der Waals surface area contributed by atoms with Gasteiger partial charge in [-0.15, -0.1) is 0 Å². The van der Waals surface area contributed by atoms with Crippen molar-refractivity contribution in [2.24, 2.45) is 7.05 Å². The van der Waals surface area contributed by atoms with Crippen LogP contribution < -0.4 is 4.72 Å². The van der Waals surface area contributed by atoms with Gasteiger partial charge in [-0.2, -0.15) is 5.10 Å². The van der Waals surface area contributed by atoms with Crippen LogP contribution in [0.2, 0.25) is 0 Å². The maximum Gasteiger partial charge on any atom is 0.169 e. The average Bonchev–Trinajstić information content (AvgIpc) is 3.45. The molecular formula is C23H18FN7OS. The van der Waals surface area contributed by atoms with E-state index in [-0.39, 0.29) is 5.82 Å². The molecule has 4 aromatic heterocycles. The molecule has 0 fully saturated rings. The van der Waals surface area contributed by atoms with Crippen molar-refractivity contribution in [3.63, 3.8) is 0 Å². The second-order valence-corrected chi connectivity index (χ2v) is 8.48. The third kappa shape index (κ3) is 4.03. The van der Waals surface area contributed by atoms with E-state index in [0.717, 1.165) is 28.5 Å². The van der Waals surface area contributed by atoms with Crippen LogP contribution in [0.15, 0.2) is 78.5 Å². The summed E-state index contributed by atoms with van der Waals surface area (Å²) in [4.78, 5) is 8.65. The lowest BCUT2D eigenvalue weighted by Gasteiger charge is -2.10. The summed E-state index contributed by atoms with van der Waals surface area (Å²) in [5.41, 5.74) is 4.74. The first-order valence-corrected chi connectivity index (χ1v) is 11.1. The van der Waals surface area contributed by atoms with E-state index in [2.05, 4.69) is 19.8 Å². The highest BCUT2D eigenvalue weighted by Crippen LogP contribution is 2.26. The Morgan fingerprint density at radius 1 is 0.970 bits per heavy atom. The molecule has 0 amide bonds. The highest BCUT2D eigenvalue weighted by atomic mass is 32.2. The molecule has 0 spiro atoms. The van der Waals surface area contributed by atoms with E-state index >= 15 is 0 Å². The minimum Gasteiger partial charge on any atom is -0.306 e. The molecule has 164 valence electrons. The molecule has 0 saturated heterocycles. The number of imidazole rings is 1. The fraction of sp³-hybridized carbons (Fsp3) is 0.0435. The Morgan fingerprint density at radius 3 is 2.48 bits per heavy atom. The Morgan fingerprint density at radius 2 is 1.76 bits per heavy atom. The van der Waals surface area contributed by atoms with Gasteiger partial charge in [-0.25, -0.2) is 13.6 Å². The first-order valence-electron chi connectivity index (χ1n) is 9.93. The van der Waals surface area contributed by atoms with Gasteiger partial charge in [-0.3, -0.25) is 18.8 Å². The number of benzene rings is 1. The molecule has 8 nitrogen and oxygen atoms in total. The number of fused-ring (bicyclic) bond motifs is 1. The summed E-state index contributed by atoms with van der Waals surface area (Å²) in [6.07, 6.45) is 9.66. The predicted octanol–water partition coefficient (Wildman–Crippen LogP) is 4.07. The molecule has 10 heteroatoms. The summed E-state index contributed by atoms with van der Waals surface area (Å²) in [6, 6.07) is 11.7. The second-order valence-electron chi connectivity index (χ2n) is 7.32. The van der Waals surface area contributed by atoms with Crippen molar-refractivity contribution < 1.29 is 8.60 Å². The minimum absolute atomic E-state index is 0.308. The van der Waals surface area contributed by atoms with E-state index in [9.17, 15) is 8.60 Å². The van der Waals surface area contributed by atoms with E-state index < -0.39 is 11.0 Å². The third-order valence-electron chi connectivity index (χ3n) is 5.14. The Kier molecular flexibility index (Phi) is 5.27. The zero-order valence-corrected chi connectivity index (χ0v) is 18.3. The zero-order chi connectivity index (χ0) is 22.9. The van der Waals surface area contributed by atoms with Crippen LogP contribution in [0.1, 0.15) is 5.69 Å². The number of hydrogen-bond acceptors (Lipinski definition) is 5. The van der Waals surface area contributed by atoms with E-state index in [1.54, 1.807) is 39.7 Å². The number of aryl methyl sites for hydroxylation is 1. The van der Waals surface area contributed by atoms with Crippen LogP contribution in [0.5, 0.6) is 0 Å². The first kappa shape index (κ1) is 20.7. The predicted molar refractivity (Wildman–Crippen MR) is 125 cm³/mol. The highest BCUT2D eigenvalue weighted by Gasteiger charge is 2.15. The van der Waals surface area contributed by atoms with Gasteiger partial charge in [0.15, 0.2) is 16.0 Å². The lowest BCUT2D eigenvalue weighted by molar-refractivity contribution is 0.628. The van der Waals surface area contributed by atoms with Crippen LogP contribution in [-0.2, 0) is 18.0 Å². The number of nitrogens with zero attached hydrogens (tertiary/aromatic N) is 5. The highest BCUT2D eigenvalue weighted by molar-refractivity contribution is 7.86. The monoisotopic (exact) mass is 459 g/mol. The third-order valence-corrected chi connectivity index (χ3v) is 6.22. The van der Waals surface area contributed by atoms with Gasteiger partial charge >= 0.3 is 0 Å². The smallest absolute Gasteiger partial charge is 0.169 e. The van der Waals surface area contributed by atoms with Crippen LogP contribution in [0.3, 0.4) is 0 Å². The maximum absolute atomic E-state index is 13.3. The molecule has 5 aromatic rings. The van der Waals surface area contributed by atoms with Crippen molar-refractivity contribution in [1.29, 1.82) is 5.41 Å². The fourth-order valence-electron chi connectivity index (χ4n) is 3.46. The Hall–Kier alpha value is -4.18. The van der Waals surface area contributed by atoms with Crippen LogP contribution >= 0.6 is 0 Å². The second kappa shape index (κ2) is 8.40. The molecular weight excluding hydrogens is 441 g/mol. The van der Waals surface area contributed by atoms with Gasteiger partial charge in [0.1, 0.15) is 17.2 Å². The van der Waals surface area contributed by atoms with Crippen LogP contribution in [0, 0.1) is 11.2 Å². The van der Waals surface area contributed by atoms with Gasteiger partial charge in [0, 0.05) is 43.0 Å². The van der Waals surface area contributed by atoms with Crippen molar-refractivity contribution in [1.82, 2.24) is 24.1 Å². The van der Waals surface area contributed by atoms with Crippen molar-refractivity contribution in [3.05, 3.63) is 85.0 Å². The van der Waals surface area contributed by atoms with Crippen molar-refractivity contribution in [2.75, 3.05) is 4.72 Å². The summed E-state index contributed by atoms with van der Waals surface area (Å²) in [6.45, 7) is 0. The number of aromatic nitrogens is 5. The molecule has 1 atom stereocenters. The molecule has 0 radical (unpaired) electrons. The van der Waals surface area contributed by atoms with Gasteiger partial charge in [0.25, 0.3) is 0 Å². The van der Waals surface area contributed by atoms with Gasteiger partial charge in [0.05, 0.1) is 18.1 Å². The van der Waals surface area contributed by atoms with Crippen LogP contribution in [-0.4, -0.2) is 34.6 Å². The Balaban J connectivity index is 1.50. The maximum atomic E-state index is 13.3. The van der Waals surface area contributed by atoms with Crippen LogP contribution in [0.4, 0.5) is 10.1 Å². The molecule has 0 saturated carbocycles. The molecule has 5 rings (SSSR count). The summed E-state index contributed by atoms with van der Waals surface area (Å²) < 4.78 is 32.9. The molecule has 2 N–H and O–H groups in total. The lowest BCUT2D eigenvalue weighted by Crippen LogP contribution is -2.10. The molecule has 0 bridgehead atoms. The Labute approximate surface area is 190 Å². The van der Waals surface area contributed by atoms with Gasteiger partial charge in [-0.1, -0.05) is 12.1 Å². The number of pyridine rings is 2. The number of anilines is 1. The summed E-state index contributed by atoms with van der Waals surface area (Å²) >= 11 is 0. The molecule has 0 aliphatic rings. The summed E-state index contributed by atoms with van der Waals surface area (Å²) in [5.74, 6) is -0.308. The number of rotatable bonds is 6. The van der Waals surface area contributed by atoms with Gasteiger partial charge in [-0.05, 0) is 41.5 Å². The topological polar surface area (TPSA) is 101 Å². The van der Waals surface area contributed by atoms with E-state index in [1.807, 2.05) is 31.6 Å². The fourth-order valence-corrected chi connectivity index (χ4v) is 4.40. The zero-order valence-electron chi connectivity index (χ0n) is 17.4. The molecule has 0 aliphatic carbocycles. The lowest BCUT2D eigenvalue weighted by atomic mass is 10.1. The van der Waals surface area contributed by atoms with E-state index in [4.69, 9.17) is 5.41 Å². The van der Waals surface area contributed by atoms with Crippen LogP contribution in [0.25, 0.3) is 27.9 Å². The Bertz CT molecular complexity index is 1510. The summed E-state index contributed by atoms with van der Waals surface area (Å²) in [5, 5.41) is 12.3. The normalized spacial score (nSPS) is 12.1. The van der Waals surface area contributed by atoms with Crippen molar-refractivity contribution >= 4 is 28.5 Å². The molecule has 1 aromatic carbocycles. The first-order chi connectivity index (χ1) is 16.0. The number of hydrogen-bond donors (Lipinski definition) is 2. The number of halogens is 1. The average molecular weight is 460 g/mol. The summed E-state index contributed by atoms with van der Waals surface area (Å²) in [7, 11) is 0.130. The molecule has 1 unspecified atom stereocenters. The van der Waals surface area contributed by atoms with Crippen molar-refractivity contribution in [2.45, 2.75) is 5.03 Å². The van der Waals surface area contributed by atoms with E-state index in [0.29, 0.717) is 22.1 Å². The molecule has 0 aliphatic heterocycles. The SMILES string of the molecule is Cn1cc(-c2cnc(C=N)c(NS(=O)c3cnc4ccc(-c5ccc(F)cc5)cn34)c2)cn1. The standard InChI is InChI=1S/C23H18FN7OS/c1-30-13-18(11-28-30)17-8-20(21(9-25)26-10-17)29-33(32)23-12-27-22-7-4-16(14-31(22)23)15-2-5-19(24)6-3-15/h2-14,25,29H,1H3. The van der Waals surface area contributed by atoms with E-state index in [1.165, 1.54) is 18.3 Å². The minimum atomic E-state index is -1.69. The van der Waals surface area contributed by atoms with Gasteiger partial charge < -0.3 is 5.41 Å².